The van der Waals surface area contributed by atoms with Crippen LogP contribution in [0.1, 0.15) is 60.9 Å². The number of aliphatic imine (C=N–C) groups is 1. The Balaban J connectivity index is 1.54. The first-order chi connectivity index (χ1) is 18.9. The third-order valence-corrected chi connectivity index (χ3v) is 9.02. The fourth-order valence-electron chi connectivity index (χ4n) is 7.09. The van der Waals surface area contributed by atoms with E-state index in [4.69, 9.17) is 11.5 Å². The fourth-order valence-corrected chi connectivity index (χ4v) is 7.09. The molecule has 12 heteroatoms. The van der Waals surface area contributed by atoms with E-state index in [-0.39, 0.29) is 42.5 Å². The van der Waals surface area contributed by atoms with Crippen molar-refractivity contribution in [2.75, 3.05) is 24.3 Å². The van der Waals surface area contributed by atoms with Crippen molar-refractivity contribution in [1.29, 1.82) is 0 Å². The van der Waals surface area contributed by atoms with Crippen LogP contribution in [-0.4, -0.2) is 71.0 Å². The minimum absolute atomic E-state index is 0.0374. The normalized spacial score (nSPS) is 30.8. The monoisotopic (exact) mass is 553 g/mol. The number of amides is 1. The van der Waals surface area contributed by atoms with Crippen molar-refractivity contribution in [1.82, 2.24) is 0 Å². The number of hydrogen-bond donors (Lipinski definition) is 5. The molecular weight excluding hydrogens is 518 g/mol. The second kappa shape index (κ2) is 9.99. The molecule has 7 N–H and O–H groups in total. The summed E-state index contributed by atoms with van der Waals surface area (Å²) < 4.78 is 0. The molecule has 5 rings (SSSR count). The van der Waals surface area contributed by atoms with E-state index in [1.807, 2.05) is 0 Å². The standard InChI is InChI=1S/C28H35N5O7/c1-33(2)17-11-16(32-27(30)31-14-6-4-3-5-7-14)22(35)20-15(17)9-12-8-13-10-18(34)21(26(29)39)25(38)28(13,40)24(37)19(12)23(20)36/h11-14,19,21,35,40H,3-10H2,1-2H3,(H2,29,39)(H3,30,31,32)/t12-,13+,19?,21?,28+/m1/s1. The number of nitrogens with one attached hydrogen (secondary N) is 1. The molecule has 5 atom stereocenters. The van der Waals surface area contributed by atoms with Gasteiger partial charge in [0.05, 0.1) is 23.2 Å². The molecule has 4 aliphatic rings. The minimum atomic E-state index is -2.69. The Hall–Kier alpha value is -3.80. The van der Waals surface area contributed by atoms with Crippen LogP contribution in [0.3, 0.4) is 0 Å². The molecule has 1 aromatic rings. The summed E-state index contributed by atoms with van der Waals surface area (Å²) in [4.78, 5) is 71.5. The largest absolute Gasteiger partial charge is 0.505 e. The van der Waals surface area contributed by atoms with E-state index in [9.17, 15) is 34.2 Å². The van der Waals surface area contributed by atoms with Gasteiger partial charge in [0, 0.05) is 32.1 Å². The topological polar surface area (TPSA) is 205 Å². The van der Waals surface area contributed by atoms with Gasteiger partial charge in [-0.1, -0.05) is 19.3 Å². The molecule has 0 radical (unpaired) electrons. The lowest BCUT2D eigenvalue weighted by atomic mass is 9.53. The minimum Gasteiger partial charge on any atom is -0.505 e. The zero-order valence-corrected chi connectivity index (χ0v) is 22.6. The van der Waals surface area contributed by atoms with Crippen LogP contribution in [-0.2, 0) is 25.6 Å². The lowest BCUT2D eigenvalue weighted by Crippen LogP contribution is -2.68. The van der Waals surface area contributed by atoms with Crippen molar-refractivity contribution < 1.29 is 34.2 Å². The van der Waals surface area contributed by atoms with Gasteiger partial charge in [-0.3, -0.25) is 24.0 Å². The number of ketones is 4. The van der Waals surface area contributed by atoms with E-state index in [0.717, 1.165) is 32.1 Å². The predicted molar refractivity (Wildman–Crippen MR) is 145 cm³/mol. The first kappa shape index (κ1) is 27.8. The molecule has 12 nitrogen and oxygen atoms in total. The van der Waals surface area contributed by atoms with Crippen LogP contribution in [0.5, 0.6) is 5.75 Å². The number of guanidine groups is 1. The fraction of sp³-hybridized carbons (Fsp3) is 0.571. The number of Topliss-reactive ketones (excluding diaryl/α,β-unsaturated/α-hetero) is 4. The van der Waals surface area contributed by atoms with E-state index < -0.39 is 64.1 Å². The summed E-state index contributed by atoms with van der Waals surface area (Å²) in [6.07, 6.45) is 4.96. The van der Waals surface area contributed by atoms with Gasteiger partial charge in [-0.15, -0.1) is 0 Å². The molecule has 0 heterocycles. The maximum absolute atomic E-state index is 13.9. The summed E-state index contributed by atoms with van der Waals surface area (Å²) in [6, 6.07) is 1.73. The van der Waals surface area contributed by atoms with Crippen molar-refractivity contribution >= 4 is 46.4 Å². The van der Waals surface area contributed by atoms with Gasteiger partial charge >= 0.3 is 0 Å². The Morgan fingerprint density at radius 2 is 1.75 bits per heavy atom. The zero-order chi connectivity index (χ0) is 29.1. The maximum atomic E-state index is 13.9. The number of phenolic OH excluding ortho intramolecular Hbond substituents is 1. The summed E-state index contributed by atoms with van der Waals surface area (Å²) in [5.41, 5.74) is 9.90. The molecule has 0 spiro atoms. The average molecular weight is 554 g/mol. The molecule has 0 aliphatic heterocycles. The molecular formula is C28H35N5O7. The molecule has 3 saturated carbocycles. The smallest absolute Gasteiger partial charge is 0.235 e. The average Bonchev–Trinajstić information content (AvgIpc) is 2.88. The number of hydrogen-bond acceptors (Lipinski definition) is 9. The van der Waals surface area contributed by atoms with Crippen LogP contribution in [0.2, 0.25) is 0 Å². The number of primary amides is 1. The van der Waals surface area contributed by atoms with Crippen LogP contribution in [0.15, 0.2) is 11.1 Å². The number of aliphatic hydroxyl groups is 1. The highest BCUT2D eigenvalue weighted by atomic mass is 16.3. The van der Waals surface area contributed by atoms with Crippen LogP contribution < -0.4 is 21.7 Å². The van der Waals surface area contributed by atoms with E-state index in [2.05, 4.69) is 10.3 Å². The second-order valence-corrected chi connectivity index (χ2v) is 11.7. The van der Waals surface area contributed by atoms with E-state index >= 15 is 0 Å². The number of nitrogens with two attached hydrogens (primary N) is 2. The summed E-state index contributed by atoms with van der Waals surface area (Å²) in [5, 5.41) is 25.6. The van der Waals surface area contributed by atoms with Crippen LogP contribution >= 0.6 is 0 Å². The molecule has 4 aliphatic carbocycles. The number of aromatic hydroxyl groups is 1. The molecule has 0 aromatic heterocycles. The van der Waals surface area contributed by atoms with E-state index in [1.165, 1.54) is 0 Å². The Morgan fingerprint density at radius 1 is 1.07 bits per heavy atom. The van der Waals surface area contributed by atoms with Crippen molar-refractivity contribution in [3.8, 4) is 5.75 Å². The van der Waals surface area contributed by atoms with Crippen LogP contribution in [0.4, 0.5) is 11.4 Å². The molecule has 1 aromatic carbocycles. The Labute approximate surface area is 231 Å². The summed E-state index contributed by atoms with van der Waals surface area (Å²) >= 11 is 0. The van der Waals surface area contributed by atoms with Crippen LogP contribution in [0, 0.1) is 23.7 Å². The number of nitrogens with zero attached hydrogens (tertiary/aromatic N) is 2. The second-order valence-electron chi connectivity index (χ2n) is 11.7. The van der Waals surface area contributed by atoms with E-state index in [0.29, 0.717) is 11.3 Å². The predicted octanol–water partition coefficient (Wildman–Crippen LogP) is 0.452. The lowest BCUT2D eigenvalue weighted by Gasteiger charge is -2.48. The van der Waals surface area contributed by atoms with Gasteiger partial charge in [0.15, 0.2) is 40.6 Å². The zero-order valence-electron chi connectivity index (χ0n) is 22.6. The number of benzene rings is 1. The highest BCUT2D eigenvalue weighted by molar-refractivity contribution is 6.31. The van der Waals surface area contributed by atoms with Crippen molar-refractivity contribution in [2.24, 2.45) is 40.1 Å². The summed E-state index contributed by atoms with van der Waals surface area (Å²) in [7, 11) is 3.55. The highest BCUT2D eigenvalue weighted by Crippen LogP contribution is 2.52. The Bertz CT molecular complexity index is 1350. The third kappa shape index (κ3) is 4.25. The summed E-state index contributed by atoms with van der Waals surface area (Å²) in [5.74, 6) is -10.4. The van der Waals surface area contributed by atoms with Gasteiger partial charge in [-0.05, 0) is 43.2 Å². The molecule has 1 amide bonds. The van der Waals surface area contributed by atoms with Gasteiger partial charge in [-0.25, -0.2) is 4.99 Å². The molecule has 3 fully saturated rings. The molecule has 0 bridgehead atoms. The summed E-state index contributed by atoms with van der Waals surface area (Å²) in [6.45, 7) is 0. The molecule has 40 heavy (non-hydrogen) atoms. The number of fused-ring (bicyclic) bond motifs is 3. The van der Waals surface area contributed by atoms with Gasteiger partial charge in [0.25, 0.3) is 0 Å². The number of carbonyl (C=O) groups is 5. The first-order valence-electron chi connectivity index (χ1n) is 13.7. The van der Waals surface area contributed by atoms with Crippen LogP contribution in [0.25, 0.3) is 0 Å². The van der Waals surface area contributed by atoms with Crippen molar-refractivity contribution in [3.05, 3.63) is 17.2 Å². The Kier molecular flexibility index (Phi) is 6.93. The molecule has 0 saturated heterocycles. The number of carbonyl (C=O) groups excluding carboxylic acids is 5. The van der Waals surface area contributed by atoms with Gasteiger partial charge in [-0.2, -0.15) is 0 Å². The van der Waals surface area contributed by atoms with Gasteiger partial charge < -0.3 is 31.9 Å². The quantitative estimate of drug-likeness (QED) is 0.151. The SMILES string of the molecule is CN(C)c1cc(NC(N)=NC2CCCCC2)c(O)c2c1C[C@H]1C[C@H]3CC(=O)C(C(N)=O)C(=O)[C@@]3(O)C(=O)C1C2=O. The highest BCUT2D eigenvalue weighted by Gasteiger charge is 2.66. The molecule has 214 valence electrons. The van der Waals surface area contributed by atoms with Crippen molar-refractivity contribution in [3.63, 3.8) is 0 Å². The van der Waals surface area contributed by atoms with Gasteiger partial charge in [0.1, 0.15) is 5.75 Å². The third-order valence-electron chi connectivity index (χ3n) is 9.02. The molecule has 2 unspecified atom stereocenters. The van der Waals surface area contributed by atoms with Crippen molar-refractivity contribution in [2.45, 2.75) is 63.0 Å². The number of phenols is 1. The first-order valence-corrected chi connectivity index (χ1v) is 13.7. The number of anilines is 2. The Morgan fingerprint density at radius 3 is 2.38 bits per heavy atom. The van der Waals surface area contributed by atoms with Gasteiger partial charge in [0.2, 0.25) is 5.91 Å². The van der Waals surface area contributed by atoms with E-state index in [1.54, 1.807) is 25.1 Å². The maximum Gasteiger partial charge on any atom is 0.235 e. The lowest BCUT2D eigenvalue weighted by molar-refractivity contribution is -0.175. The number of rotatable bonds is 4.